The van der Waals surface area contributed by atoms with Crippen LogP contribution < -0.4 is 9.62 Å². The third-order valence-corrected chi connectivity index (χ3v) is 6.02. The van der Waals surface area contributed by atoms with Gasteiger partial charge in [0, 0.05) is 13.1 Å². The summed E-state index contributed by atoms with van der Waals surface area (Å²) in [4.78, 5) is 27.2. The van der Waals surface area contributed by atoms with Gasteiger partial charge in [0.15, 0.2) is 0 Å². The summed E-state index contributed by atoms with van der Waals surface area (Å²) in [5.74, 6) is -0.641. The number of nitrogens with one attached hydrogen (secondary N) is 1. The SMILES string of the molecule is Cc1ccccc1N(CC(=O)Nc1ccccc1C(=O)N1CCCC1)S(C)(=O)=O. The Morgan fingerprint density at radius 2 is 1.66 bits per heavy atom. The molecule has 0 bridgehead atoms. The summed E-state index contributed by atoms with van der Waals surface area (Å²) in [6.07, 6.45) is 3.01. The Kier molecular flexibility index (Phi) is 6.22. The molecule has 2 amide bonds. The zero-order chi connectivity index (χ0) is 21.0. The minimum atomic E-state index is -3.67. The maximum Gasteiger partial charge on any atom is 0.255 e. The fourth-order valence-electron chi connectivity index (χ4n) is 3.41. The molecular weight excluding hydrogens is 390 g/mol. The molecule has 2 aromatic rings. The summed E-state index contributed by atoms with van der Waals surface area (Å²) < 4.78 is 25.7. The Bertz CT molecular complexity index is 1010. The van der Waals surface area contributed by atoms with E-state index in [1.165, 1.54) is 0 Å². The van der Waals surface area contributed by atoms with Crippen molar-refractivity contribution in [3.8, 4) is 0 Å². The maximum absolute atomic E-state index is 12.8. The van der Waals surface area contributed by atoms with Crippen molar-refractivity contribution in [2.45, 2.75) is 19.8 Å². The number of carbonyl (C=O) groups excluding carboxylic acids is 2. The lowest BCUT2D eigenvalue weighted by molar-refractivity contribution is -0.114. The second-order valence-electron chi connectivity index (χ2n) is 7.15. The number of hydrogen-bond acceptors (Lipinski definition) is 4. The van der Waals surface area contributed by atoms with Gasteiger partial charge in [0.05, 0.1) is 23.2 Å². The molecule has 1 heterocycles. The third kappa shape index (κ3) is 4.95. The van der Waals surface area contributed by atoms with Crippen LogP contribution in [0.4, 0.5) is 11.4 Å². The Morgan fingerprint density at radius 1 is 1.03 bits per heavy atom. The van der Waals surface area contributed by atoms with E-state index in [2.05, 4.69) is 5.32 Å². The average molecular weight is 416 g/mol. The number of carbonyl (C=O) groups is 2. The number of aryl methyl sites for hydroxylation is 1. The van der Waals surface area contributed by atoms with Crippen LogP contribution in [0.3, 0.4) is 0 Å². The number of likely N-dealkylation sites (tertiary alicyclic amines) is 1. The van der Waals surface area contributed by atoms with Crippen LogP contribution in [0.25, 0.3) is 0 Å². The monoisotopic (exact) mass is 415 g/mol. The van der Waals surface area contributed by atoms with Crippen molar-refractivity contribution in [3.63, 3.8) is 0 Å². The summed E-state index contributed by atoms with van der Waals surface area (Å²) in [5.41, 5.74) is 1.99. The average Bonchev–Trinajstić information content (AvgIpc) is 3.21. The molecule has 1 saturated heterocycles. The fourth-order valence-corrected chi connectivity index (χ4v) is 4.33. The van der Waals surface area contributed by atoms with Gasteiger partial charge in [0.1, 0.15) is 6.54 Å². The summed E-state index contributed by atoms with van der Waals surface area (Å²) in [6, 6.07) is 13.8. The molecule has 0 saturated carbocycles. The zero-order valence-corrected chi connectivity index (χ0v) is 17.4. The molecule has 3 rings (SSSR count). The van der Waals surface area contributed by atoms with Gasteiger partial charge < -0.3 is 10.2 Å². The highest BCUT2D eigenvalue weighted by molar-refractivity contribution is 7.92. The van der Waals surface area contributed by atoms with Crippen LogP contribution in [0.5, 0.6) is 0 Å². The lowest BCUT2D eigenvalue weighted by Gasteiger charge is -2.24. The maximum atomic E-state index is 12.8. The molecule has 1 aliphatic rings. The first-order chi connectivity index (χ1) is 13.8. The predicted octanol–water partition coefficient (Wildman–Crippen LogP) is 2.64. The smallest absolute Gasteiger partial charge is 0.255 e. The van der Waals surface area contributed by atoms with Gasteiger partial charge in [0.25, 0.3) is 5.91 Å². The van der Waals surface area contributed by atoms with Crippen molar-refractivity contribution in [2.75, 3.05) is 35.5 Å². The lowest BCUT2D eigenvalue weighted by Crippen LogP contribution is -2.38. The highest BCUT2D eigenvalue weighted by atomic mass is 32.2. The van der Waals surface area contributed by atoms with Crippen molar-refractivity contribution in [1.82, 2.24) is 4.90 Å². The third-order valence-electron chi connectivity index (χ3n) is 4.90. The van der Waals surface area contributed by atoms with E-state index in [-0.39, 0.29) is 12.5 Å². The molecule has 0 unspecified atom stereocenters. The Labute approximate surface area is 171 Å². The Balaban J connectivity index is 1.81. The summed E-state index contributed by atoms with van der Waals surface area (Å²) in [5, 5.41) is 2.71. The zero-order valence-electron chi connectivity index (χ0n) is 16.6. The van der Waals surface area contributed by atoms with Gasteiger partial charge in [-0.05, 0) is 43.5 Å². The van der Waals surface area contributed by atoms with E-state index < -0.39 is 15.9 Å². The van der Waals surface area contributed by atoms with E-state index in [0.717, 1.165) is 29.0 Å². The predicted molar refractivity (Wildman–Crippen MR) is 114 cm³/mol. The molecule has 0 atom stereocenters. The number of para-hydroxylation sites is 2. The largest absolute Gasteiger partial charge is 0.339 e. The number of amides is 2. The summed E-state index contributed by atoms with van der Waals surface area (Å²) in [6.45, 7) is 2.82. The minimum Gasteiger partial charge on any atom is -0.339 e. The molecule has 1 N–H and O–H groups in total. The van der Waals surface area contributed by atoms with Crippen LogP contribution in [-0.2, 0) is 14.8 Å². The van der Waals surface area contributed by atoms with Crippen molar-refractivity contribution >= 4 is 33.2 Å². The number of benzene rings is 2. The van der Waals surface area contributed by atoms with Crippen molar-refractivity contribution in [2.24, 2.45) is 0 Å². The summed E-state index contributed by atoms with van der Waals surface area (Å²) >= 11 is 0. The van der Waals surface area contributed by atoms with Gasteiger partial charge >= 0.3 is 0 Å². The highest BCUT2D eigenvalue weighted by Crippen LogP contribution is 2.23. The lowest BCUT2D eigenvalue weighted by atomic mass is 10.1. The molecule has 0 spiro atoms. The van der Waals surface area contributed by atoms with E-state index >= 15 is 0 Å². The quantitative estimate of drug-likeness (QED) is 0.786. The first kappa shape index (κ1) is 20.9. The van der Waals surface area contributed by atoms with Crippen LogP contribution in [0.2, 0.25) is 0 Å². The van der Waals surface area contributed by atoms with Crippen molar-refractivity contribution in [3.05, 3.63) is 59.7 Å². The van der Waals surface area contributed by atoms with Gasteiger partial charge in [-0.15, -0.1) is 0 Å². The van der Waals surface area contributed by atoms with E-state index in [0.29, 0.717) is 30.0 Å². The van der Waals surface area contributed by atoms with Crippen LogP contribution in [0, 0.1) is 6.92 Å². The van der Waals surface area contributed by atoms with Gasteiger partial charge in [-0.1, -0.05) is 30.3 Å². The number of sulfonamides is 1. The molecule has 29 heavy (non-hydrogen) atoms. The van der Waals surface area contributed by atoms with E-state index in [4.69, 9.17) is 0 Å². The molecule has 7 nitrogen and oxygen atoms in total. The van der Waals surface area contributed by atoms with Crippen LogP contribution >= 0.6 is 0 Å². The molecule has 1 fully saturated rings. The molecule has 2 aromatic carbocycles. The first-order valence-corrected chi connectivity index (χ1v) is 11.3. The van der Waals surface area contributed by atoms with E-state index in [9.17, 15) is 18.0 Å². The Morgan fingerprint density at radius 3 is 2.31 bits per heavy atom. The molecule has 154 valence electrons. The normalized spacial score (nSPS) is 13.9. The van der Waals surface area contributed by atoms with Crippen molar-refractivity contribution < 1.29 is 18.0 Å². The molecule has 0 aromatic heterocycles. The number of anilines is 2. The first-order valence-electron chi connectivity index (χ1n) is 9.49. The van der Waals surface area contributed by atoms with Gasteiger partial charge in [0.2, 0.25) is 15.9 Å². The molecule has 1 aliphatic heterocycles. The Hall–Kier alpha value is -2.87. The van der Waals surface area contributed by atoms with Crippen LogP contribution in [0.1, 0.15) is 28.8 Å². The van der Waals surface area contributed by atoms with Gasteiger partial charge in [-0.25, -0.2) is 8.42 Å². The van der Waals surface area contributed by atoms with Crippen LogP contribution in [-0.4, -0.2) is 51.0 Å². The van der Waals surface area contributed by atoms with Crippen LogP contribution in [0.15, 0.2) is 48.5 Å². The highest BCUT2D eigenvalue weighted by Gasteiger charge is 2.25. The number of hydrogen-bond donors (Lipinski definition) is 1. The van der Waals surface area contributed by atoms with Gasteiger partial charge in [-0.2, -0.15) is 0 Å². The van der Waals surface area contributed by atoms with Gasteiger partial charge in [-0.3, -0.25) is 13.9 Å². The molecular formula is C21H25N3O4S. The summed E-state index contributed by atoms with van der Waals surface area (Å²) in [7, 11) is -3.67. The molecule has 0 radical (unpaired) electrons. The second-order valence-corrected chi connectivity index (χ2v) is 9.06. The minimum absolute atomic E-state index is 0.128. The fraction of sp³-hybridized carbons (Fsp3) is 0.333. The second kappa shape index (κ2) is 8.65. The molecule has 0 aliphatic carbocycles. The van der Waals surface area contributed by atoms with E-state index in [1.54, 1.807) is 60.4 Å². The standard InChI is InChI=1S/C21H25N3O4S/c1-16-9-3-6-12-19(16)24(29(2,27)28)15-20(25)22-18-11-5-4-10-17(18)21(26)23-13-7-8-14-23/h3-6,9-12H,7-8,13-15H2,1-2H3,(H,22,25). The number of nitrogens with zero attached hydrogens (tertiary/aromatic N) is 2. The van der Waals surface area contributed by atoms with Crippen molar-refractivity contribution in [1.29, 1.82) is 0 Å². The topological polar surface area (TPSA) is 86.8 Å². The number of rotatable bonds is 6. The molecule has 8 heteroatoms. The van der Waals surface area contributed by atoms with E-state index in [1.807, 2.05) is 0 Å².